The number of carbonyl (C=O) groups is 1. The van der Waals surface area contributed by atoms with Crippen molar-refractivity contribution in [3.05, 3.63) is 41.0 Å². The average molecular weight is 196 g/mol. The van der Waals surface area contributed by atoms with E-state index in [4.69, 9.17) is 10.5 Å². The van der Waals surface area contributed by atoms with Crippen molar-refractivity contribution >= 4 is 11.9 Å². The fraction of sp³-hybridized carbons (Fsp3) is 0.0833. The summed E-state index contributed by atoms with van der Waals surface area (Å²) in [6.45, 7) is 1.35. The Balaban J connectivity index is 3.05. The van der Waals surface area contributed by atoms with Crippen LogP contribution in [-0.4, -0.2) is 5.78 Å². The standard InChI is InChI=1S/C12H8N2O/c1-9(15)12(8-14)6-10-2-4-11(7-13)5-3-10/h2-6H,1H3/b12-6-. The molecule has 0 aliphatic rings. The summed E-state index contributed by atoms with van der Waals surface area (Å²) in [5, 5.41) is 17.2. The minimum atomic E-state index is -0.262. The van der Waals surface area contributed by atoms with Gasteiger partial charge in [0.2, 0.25) is 0 Å². The Bertz CT molecular complexity index is 484. The van der Waals surface area contributed by atoms with Gasteiger partial charge in [-0.1, -0.05) is 12.1 Å². The molecular weight excluding hydrogens is 188 g/mol. The van der Waals surface area contributed by atoms with Crippen LogP contribution < -0.4 is 0 Å². The van der Waals surface area contributed by atoms with Gasteiger partial charge in [-0.2, -0.15) is 10.5 Å². The molecule has 0 saturated carbocycles. The summed E-state index contributed by atoms with van der Waals surface area (Å²) in [7, 11) is 0. The van der Waals surface area contributed by atoms with E-state index in [0.717, 1.165) is 5.56 Å². The second-order valence-electron chi connectivity index (χ2n) is 2.96. The van der Waals surface area contributed by atoms with Gasteiger partial charge in [-0.05, 0) is 30.7 Å². The summed E-state index contributed by atoms with van der Waals surface area (Å²) >= 11 is 0. The van der Waals surface area contributed by atoms with Crippen molar-refractivity contribution < 1.29 is 4.79 Å². The Morgan fingerprint density at radius 3 is 2.27 bits per heavy atom. The van der Waals surface area contributed by atoms with Gasteiger partial charge in [-0.15, -0.1) is 0 Å². The molecule has 1 aromatic rings. The van der Waals surface area contributed by atoms with E-state index in [-0.39, 0.29) is 11.4 Å². The Morgan fingerprint density at radius 1 is 1.27 bits per heavy atom. The smallest absolute Gasteiger partial charge is 0.170 e. The number of hydrogen-bond donors (Lipinski definition) is 0. The van der Waals surface area contributed by atoms with Gasteiger partial charge < -0.3 is 0 Å². The van der Waals surface area contributed by atoms with Gasteiger partial charge in [0.1, 0.15) is 6.07 Å². The molecule has 0 atom stereocenters. The van der Waals surface area contributed by atoms with Crippen LogP contribution in [0.5, 0.6) is 0 Å². The van der Waals surface area contributed by atoms with E-state index < -0.39 is 0 Å². The molecule has 72 valence electrons. The number of nitriles is 2. The predicted molar refractivity (Wildman–Crippen MR) is 55.4 cm³/mol. The second-order valence-corrected chi connectivity index (χ2v) is 2.96. The van der Waals surface area contributed by atoms with Crippen molar-refractivity contribution in [2.75, 3.05) is 0 Å². The van der Waals surface area contributed by atoms with Crippen molar-refractivity contribution in [1.82, 2.24) is 0 Å². The molecule has 0 saturated heterocycles. The third-order valence-corrected chi connectivity index (χ3v) is 1.85. The Hall–Kier alpha value is -2.39. The van der Waals surface area contributed by atoms with Crippen molar-refractivity contribution in [1.29, 1.82) is 10.5 Å². The van der Waals surface area contributed by atoms with Crippen molar-refractivity contribution in [2.45, 2.75) is 6.92 Å². The maximum atomic E-state index is 11.0. The summed E-state index contributed by atoms with van der Waals surface area (Å²) in [5.74, 6) is -0.262. The Morgan fingerprint density at radius 2 is 1.87 bits per heavy atom. The fourth-order valence-corrected chi connectivity index (χ4v) is 1.03. The monoisotopic (exact) mass is 196 g/mol. The molecule has 0 radical (unpaired) electrons. The van der Waals surface area contributed by atoms with Crippen LogP contribution in [0.15, 0.2) is 29.8 Å². The minimum Gasteiger partial charge on any atom is -0.294 e. The molecule has 15 heavy (non-hydrogen) atoms. The van der Waals surface area contributed by atoms with Gasteiger partial charge in [-0.3, -0.25) is 4.79 Å². The summed E-state index contributed by atoms with van der Waals surface area (Å²) in [6.07, 6.45) is 1.50. The number of hydrogen-bond acceptors (Lipinski definition) is 3. The van der Waals surface area contributed by atoms with E-state index in [1.54, 1.807) is 24.3 Å². The normalized spacial score (nSPS) is 10.2. The van der Waals surface area contributed by atoms with Crippen molar-refractivity contribution in [3.63, 3.8) is 0 Å². The van der Waals surface area contributed by atoms with Gasteiger partial charge in [0.05, 0.1) is 17.2 Å². The highest BCUT2D eigenvalue weighted by atomic mass is 16.1. The van der Waals surface area contributed by atoms with Gasteiger partial charge >= 0.3 is 0 Å². The molecule has 0 bridgehead atoms. The number of allylic oxidation sites excluding steroid dienone is 1. The van der Waals surface area contributed by atoms with Crippen LogP contribution in [0.3, 0.4) is 0 Å². The topological polar surface area (TPSA) is 64.7 Å². The van der Waals surface area contributed by atoms with Crippen LogP contribution in [0, 0.1) is 22.7 Å². The zero-order valence-corrected chi connectivity index (χ0v) is 8.19. The summed E-state index contributed by atoms with van der Waals surface area (Å²) < 4.78 is 0. The molecule has 3 heteroatoms. The van der Waals surface area contributed by atoms with E-state index >= 15 is 0 Å². The Kier molecular flexibility index (Phi) is 3.38. The lowest BCUT2D eigenvalue weighted by Gasteiger charge is -1.94. The van der Waals surface area contributed by atoms with E-state index in [1.807, 2.05) is 12.1 Å². The Labute approximate surface area is 87.9 Å². The molecule has 1 aromatic carbocycles. The summed E-state index contributed by atoms with van der Waals surface area (Å²) in [6, 6.07) is 10.5. The SMILES string of the molecule is CC(=O)/C(C#N)=C\c1ccc(C#N)cc1. The van der Waals surface area contributed by atoms with Crippen molar-refractivity contribution in [2.24, 2.45) is 0 Å². The quantitative estimate of drug-likeness (QED) is 0.537. The average Bonchev–Trinajstić information content (AvgIpc) is 2.26. The largest absolute Gasteiger partial charge is 0.294 e. The van der Waals surface area contributed by atoms with Gasteiger partial charge in [-0.25, -0.2) is 0 Å². The third kappa shape index (κ3) is 2.79. The molecule has 0 spiro atoms. The van der Waals surface area contributed by atoms with Gasteiger partial charge in [0, 0.05) is 0 Å². The van der Waals surface area contributed by atoms with Crippen LogP contribution in [0.2, 0.25) is 0 Å². The molecule has 0 amide bonds. The number of benzene rings is 1. The molecule has 0 aliphatic heterocycles. The van der Waals surface area contributed by atoms with E-state index in [9.17, 15) is 4.79 Å². The molecule has 0 N–H and O–H groups in total. The number of nitrogens with zero attached hydrogens (tertiary/aromatic N) is 2. The molecular formula is C12H8N2O. The highest BCUT2D eigenvalue weighted by Crippen LogP contribution is 2.08. The molecule has 0 aromatic heterocycles. The predicted octanol–water partition coefficient (Wildman–Crippen LogP) is 2.05. The summed E-state index contributed by atoms with van der Waals surface area (Å²) in [4.78, 5) is 11.0. The third-order valence-electron chi connectivity index (χ3n) is 1.85. The first-order valence-corrected chi connectivity index (χ1v) is 4.30. The lowest BCUT2D eigenvalue weighted by atomic mass is 10.1. The number of Topliss-reactive ketones (excluding diaryl/α,β-unsaturated/α-hetero) is 1. The van der Waals surface area contributed by atoms with E-state index in [0.29, 0.717) is 5.56 Å². The maximum Gasteiger partial charge on any atom is 0.170 e. The number of ketones is 1. The first-order chi connectivity index (χ1) is 7.17. The van der Waals surface area contributed by atoms with Crippen molar-refractivity contribution in [3.8, 4) is 12.1 Å². The molecule has 0 fully saturated rings. The van der Waals surface area contributed by atoms with Crippen LogP contribution in [0.25, 0.3) is 6.08 Å². The van der Waals surface area contributed by atoms with Gasteiger partial charge in [0.15, 0.2) is 5.78 Å². The number of carbonyl (C=O) groups excluding carboxylic acids is 1. The number of rotatable bonds is 2. The first kappa shape index (κ1) is 10.7. The van der Waals surface area contributed by atoms with Crippen LogP contribution in [-0.2, 0) is 4.79 Å². The van der Waals surface area contributed by atoms with E-state index in [2.05, 4.69) is 0 Å². The lowest BCUT2D eigenvalue weighted by Crippen LogP contribution is -1.92. The molecule has 0 unspecified atom stereocenters. The minimum absolute atomic E-state index is 0.111. The zero-order chi connectivity index (χ0) is 11.3. The second kappa shape index (κ2) is 4.74. The molecule has 0 heterocycles. The lowest BCUT2D eigenvalue weighted by molar-refractivity contribution is -0.113. The van der Waals surface area contributed by atoms with Crippen LogP contribution in [0.4, 0.5) is 0 Å². The zero-order valence-electron chi connectivity index (χ0n) is 8.19. The maximum absolute atomic E-state index is 11.0. The van der Waals surface area contributed by atoms with Gasteiger partial charge in [0.25, 0.3) is 0 Å². The first-order valence-electron chi connectivity index (χ1n) is 4.30. The molecule has 0 aliphatic carbocycles. The molecule has 1 rings (SSSR count). The highest BCUT2D eigenvalue weighted by Gasteiger charge is 2.01. The van der Waals surface area contributed by atoms with Crippen LogP contribution >= 0.6 is 0 Å². The van der Waals surface area contributed by atoms with Crippen LogP contribution in [0.1, 0.15) is 18.1 Å². The highest BCUT2D eigenvalue weighted by molar-refractivity contribution is 6.01. The summed E-state index contributed by atoms with van der Waals surface area (Å²) in [5.41, 5.74) is 1.40. The fourth-order valence-electron chi connectivity index (χ4n) is 1.03. The molecule has 3 nitrogen and oxygen atoms in total. The van der Waals surface area contributed by atoms with E-state index in [1.165, 1.54) is 13.0 Å².